The van der Waals surface area contributed by atoms with Gasteiger partial charge in [-0.1, -0.05) is 13.8 Å². The first kappa shape index (κ1) is 15.3. The zero-order valence-electron chi connectivity index (χ0n) is 12.1. The van der Waals surface area contributed by atoms with Crippen LogP contribution >= 0.6 is 0 Å². The number of aliphatic hydroxyl groups excluding tert-OH is 1. The van der Waals surface area contributed by atoms with Crippen molar-refractivity contribution in [2.75, 3.05) is 13.6 Å². The van der Waals surface area contributed by atoms with Crippen LogP contribution in [0, 0.1) is 11.8 Å². The molecule has 2 unspecified atom stereocenters. The van der Waals surface area contributed by atoms with Gasteiger partial charge in [-0.25, -0.2) is 4.79 Å². The molecule has 1 rings (SSSR count). The number of carbonyl (C=O) groups is 1. The van der Waals surface area contributed by atoms with Crippen LogP contribution in [0.4, 0.5) is 4.79 Å². The van der Waals surface area contributed by atoms with Crippen molar-refractivity contribution in [3.8, 4) is 0 Å². The number of nitrogens with zero attached hydrogens (tertiary/aromatic N) is 1. The molecule has 2 amide bonds. The van der Waals surface area contributed by atoms with Crippen molar-refractivity contribution >= 4 is 6.03 Å². The topological polar surface area (TPSA) is 52.6 Å². The Kier molecular flexibility index (Phi) is 5.93. The van der Waals surface area contributed by atoms with Gasteiger partial charge in [-0.2, -0.15) is 0 Å². The van der Waals surface area contributed by atoms with E-state index in [0.717, 1.165) is 25.7 Å². The number of urea groups is 1. The largest absolute Gasteiger partial charge is 0.391 e. The first-order chi connectivity index (χ1) is 8.40. The van der Waals surface area contributed by atoms with E-state index in [1.165, 1.54) is 0 Å². The number of aliphatic hydroxyl groups is 1. The van der Waals surface area contributed by atoms with Crippen LogP contribution in [0.2, 0.25) is 0 Å². The summed E-state index contributed by atoms with van der Waals surface area (Å²) in [6.07, 6.45) is 3.97. The van der Waals surface area contributed by atoms with Gasteiger partial charge in [-0.15, -0.1) is 0 Å². The lowest BCUT2D eigenvalue weighted by Crippen LogP contribution is -2.45. The molecule has 0 aliphatic heterocycles. The molecular formula is C14H28N2O2. The van der Waals surface area contributed by atoms with Gasteiger partial charge in [0, 0.05) is 19.6 Å². The van der Waals surface area contributed by atoms with Gasteiger partial charge in [0.2, 0.25) is 0 Å². The van der Waals surface area contributed by atoms with Crippen LogP contribution < -0.4 is 5.32 Å². The molecule has 0 aromatic rings. The van der Waals surface area contributed by atoms with E-state index in [2.05, 4.69) is 19.2 Å². The van der Waals surface area contributed by atoms with Crippen molar-refractivity contribution < 1.29 is 9.90 Å². The van der Waals surface area contributed by atoms with E-state index in [4.69, 9.17) is 0 Å². The fraction of sp³-hybridized carbons (Fsp3) is 0.929. The molecular weight excluding hydrogens is 228 g/mol. The highest BCUT2D eigenvalue weighted by atomic mass is 16.3. The van der Waals surface area contributed by atoms with Crippen molar-refractivity contribution in [2.24, 2.45) is 11.8 Å². The molecule has 0 bridgehead atoms. The van der Waals surface area contributed by atoms with E-state index in [-0.39, 0.29) is 18.2 Å². The van der Waals surface area contributed by atoms with Crippen LogP contribution in [0.3, 0.4) is 0 Å². The molecule has 18 heavy (non-hydrogen) atoms. The summed E-state index contributed by atoms with van der Waals surface area (Å²) in [5.41, 5.74) is 0. The molecule has 2 atom stereocenters. The standard InChI is InChI=1S/C14H28N2O2/c1-10(2)5-6-11(3)15-14(18)16(4)9-13(17)12-7-8-12/h10-13,17H,5-9H2,1-4H3,(H,15,18). The van der Waals surface area contributed by atoms with Crippen LogP contribution in [0.15, 0.2) is 0 Å². The third kappa shape index (κ3) is 5.71. The van der Waals surface area contributed by atoms with Gasteiger partial charge in [0.25, 0.3) is 0 Å². The molecule has 4 heteroatoms. The Morgan fingerprint density at radius 2 is 1.94 bits per heavy atom. The lowest BCUT2D eigenvalue weighted by Gasteiger charge is -2.24. The number of hydrogen-bond donors (Lipinski definition) is 2. The zero-order chi connectivity index (χ0) is 13.7. The Balaban J connectivity index is 2.21. The maximum Gasteiger partial charge on any atom is 0.317 e. The van der Waals surface area contributed by atoms with Gasteiger partial charge in [0.05, 0.1) is 6.10 Å². The van der Waals surface area contributed by atoms with E-state index in [9.17, 15) is 9.90 Å². The molecule has 2 N–H and O–H groups in total. The molecule has 0 spiro atoms. The predicted octanol–water partition coefficient (Wildman–Crippen LogP) is 2.22. The van der Waals surface area contributed by atoms with Crippen LogP contribution in [0.1, 0.15) is 46.5 Å². The van der Waals surface area contributed by atoms with Crippen molar-refractivity contribution in [3.63, 3.8) is 0 Å². The van der Waals surface area contributed by atoms with Gasteiger partial charge < -0.3 is 15.3 Å². The molecule has 0 aromatic carbocycles. The average molecular weight is 256 g/mol. The highest BCUT2D eigenvalue weighted by molar-refractivity contribution is 5.74. The fourth-order valence-corrected chi connectivity index (χ4v) is 1.97. The van der Waals surface area contributed by atoms with Crippen LogP contribution in [0.5, 0.6) is 0 Å². The van der Waals surface area contributed by atoms with Crippen molar-refractivity contribution in [3.05, 3.63) is 0 Å². The second kappa shape index (κ2) is 6.98. The van der Waals surface area contributed by atoms with E-state index in [1.54, 1.807) is 11.9 Å². The molecule has 1 aliphatic rings. The molecule has 1 aliphatic carbocycles. The Bertz CT molecular complexity index is 265. The van der Waals surface area contributed by atoms with Crippen molar-refractivity contribution in [2.45, 2.75) is 58.6 Å². The lowest BCUT2D eigenvalue weighted by atomic mass is 10.0. The normalized spacial score (nSPS) is 18.6. The monoisotopic (exact) mass is 256 g/mol. The second-order valence-electron chi connectivity index (χ2n) is 6.11. The zero-order valence-corrected chi connectivity index (χ0v) is 12.1. The van der Waals surface area contributed by atoms with E-state index < -0.39 is 0 Å². The van der Waals surface area contributed by atoms with Crippen LogP contribution in [-0.4, -0.2) is 41.8 Å². The summed E-state index contributed by atoms with van der Waals surface area (Å²) >= 11 is 0. The fourth-order valence-electron chi connectivity index (χ4n) is 1.97. The van der Waals surface area contributed by atoms with Gasteiger partial charge in [0.1, 0.15) is 0 Å². The minimum atomic E-state index is -0.355. The first-order valence-electron chi connectivity index (χ1n) is 7.09. The molecule has 0 saturated heterocycles. The molecule has 0 aromatic heterocycles. The summed E-state index contributed by atoms with van der Waals surface area (Å²) < 4.78 is 0. The van der Waals surface area contributed by atoms with Crippen LogP contribution in [-0.2, 0) is 0 Å². The third-order valence-corrected chi connectivity index (χ3v) is 3.52. The smallest absolute Gasteiger partial charge is 0.317 e. The Labute approximate surface area is 111 Å². The number of carbonyl (C=O) groups excluding carboxylic acids is 1. The molecule has 0 radical (unpaired) electrons. The molecule has 1 fully saturated rings. The number of likely N-dealkylation sites (N-methyl/N-ethyl adjacent to an activating group) is 1. The molecule has 0 heterocycles. The molecule has 106 valence electrons. The Hall–Kier alpha value is -0.770. The lowest BCUT2D eigenvalue weighted by molar-refractivity contribution is 0.112. The minimum Gasteiger partial charge on any atom is -0.391 e. The summed E-state index contributed by atoms with van der Waals surface area (Å²) in [5.74, 6) is 1.08. The SMILES string of the molecule is CC(C)CCC(C)NC(=O)N(C)CC(O)C1CC1. The third-order valence-electron chi connectivity index (χ3n) is 3.52. The molecule has 4 nitrogen and oxygen atoms in total. The van der Waals surface area contributed by atoms with E-state index >= 15 is 0 Å². The first-order valence-corrected chi connectivity index (χ1v) is 7.09. The van der Waals surface area contributed by atoms with E-state index in [1.807, 2.05) is 6.92 Å². The number of rotatable bonds is 7. The maximum atomic E-state index is 11.9. The van der Waals surface area contributed by atoms with Crippen molar-refractivity contribution in [1.82, 2.24) is 10.2 Å². The van der Waals surface area contributed by atoms with Gasteiger partial charge in [-0.05, 0) is 44.4 Å². The van der Waals surface area contributed by atoms with Gasteiger partial charge in [-0.3, -0.25) is 0 Å². The second-order valence-corrected chi connectivity index (χ2v) is 6.11. The number of nitrogens with one attached hydrogen (secondary N) is 1. The van der Waals surface area contributed by atoms with Crippen LogP contribution in [0.25, 0.3) is 0 Å². The molecule has 1 saturated carbocycles. The maximum absolute atomic E-state index is 11.9. The Morgan fingerprint density at radius 3 is 2.44 bits per heavy atom. The summed E-state index contributed by atoms with van der Waals surface area (Å²) in [6, 6.07) is 0.117. The quantitative estimate of drug-likeness (QED) is 0.734. The van der Waals surface area contributed by atoms with Gasteiger partial charge in [0.15, 0.2) is 0 Å². The summed E-state index contributed by atoms with van der Waals surface area (Å²) in [6.45, 7) is 6.85. The number of hydrogen-bond acceptors (Lipinski definition) is 2. The highest BCUT2D eigenvalue weighted by Crippen LogP contribution is 2.32. The summed E-state index contributed by atoms with van der Waals surface area (Å²) in [5, 5.41) is 12.8. The minimum absolute atomic E-state index is 0.0778. The van der Waals surface area contributed by atoms with Crippen molar-refractivity contribution in [1.29, 1.82) is 0 Å². The average Bonchev–Trinajstić information content (AvgIpc) is 3.09. The summed E-state index contributed by atoms with van der Waals surface area (Å²) in [7, 11) is 1.75. The summed E-state index contributed by atoms with van der Waals surface area (Å²) in [4.78, 5) is 13.5. The predicted molar refractivity (Wildman–Crippen MR) is 73.4 cm³/mol. The Morgan fingerprint density at radius 1 is 1.33 bits per heavy atom. The highest BCUT2D eigenvalue weighted by Gasteiger charge is 2.31. The number of amides is 2. The van der Waals surface area contributed by atoms with E-state index in [0.29, 0.717) is 18.4 Å². The van der Waals surface area contributed by atoms with Gasteiger partial charge >= 0.3 is 6.03 Å².